The Bertz CT molecular complexity index is 794. The zero-order valence-corrected chi connectivity index (χ0v) is 11.5. The maximum absolute atomic E-state index is 11.8. The number of nitrogens with one attached hydrogen (secondary N) is 3. The van der Waals surface area contributed by atoms with Gasteiger partial charge in [0.2, 0.25) is 0 Å². The predicted octanol–water partition coefficient (Wildman–Crippen LogP) is -0.602. The normalized spacial score (nSPS) is 9.76. The smallest absolute Gasteiger partial charge is 0.326 e. The molecule has 0 radical (unpaired) electrons. The summed E-state index contributed by atoms with van der Waals surface area (Å²) < 4.78 is 0. The van der Waals surface area contributed by atoms with Crippen molar-refractivity contribution in [3.63, 3.8) is 0 Å². The SMILES string of the molecule is O=C(NCc1ccc(C#CCO)s1)c1cc(=O)[nH]c(=O)[nH]1. The van der Waals surface area contributed by atoms with Gasteiger partial charge in [0.25, 0.3) is 11.5 Å². The first kappa shape index (κ1) is 14.8. The van der Waals surface area contributed by atoms with Gasteiger partial charge >= 0.3 is 5.69 Å². The molecule has 0 unspecified atom stereocenters. The van der Waals surface area contributed by atoms with Gasteiger partial charge in [0.05, 0.1) is 11.4 Å². The summed E-state index contributed by atoms with van der Waals surface area (Å²) in [6, 6.07) is 4.60. The number of aromatic amines is 2. The molecule has 4 N–H and O–H groups in total. The molecule has 0 aliphatic rings. The average Bonchev–Trinajstić information content (AvgIpc) is 2.89. The lowest BCUT2D eigenvalue weighted by Crippen LogP contribution is -2.30. The lowest BCUT2D eigenvalue weighted by molar-refractivity contribution is 0.0945. The van der Waals surface area contributed by atoms with E-state index in [9.17, 15) is 14.4 Å². The fourth-order valence-electron chi connectivity index (χ4n) is 1.52. The topological polar surface area (TPSA) is 115 Å². The molecule has 8 heteroatoms. The highest BCUT2D eigenvalue weighted by Crippen LogP contribution is 2.15. The fraction of sp³-hybridized carbons (Fsp3) is 0.154. The van der Waals surface area contributed by atoms with E-state index in [1.807, 2.05) is 4.98 Å². The van der Waals surface area contributed by atoms with E-state index in [0.717, 1.165) is 15.8 Å². The van der Waals surface area contributed by atoms with Crippen LogP contribution >= 0.6 is 11.3 Å². The van der Waals surface area contributed by atoms with Crippen LogP contribution in [0.4, 0.5) is 0 Å². The monoisotopic (exact) mass is 305 g/mol. The molecular weight excluding hydrogens is 294 g/mol. The first-order chi connectivity index (χ1) is 10.1. The molecule has 7 nitrogen and oxygen atoms in total. The van der Waals surface area contributed by atoms with E-state index in [-0.39, 0.29) is 18.8 Å². The Morgan fingerprint density at radius 3 is 2.86 bits per heavy atom. The molecule has 0 aliphatic heterocycles. The summed E-state index contributed by atoms with van der Waals surface area (Å²) in [5, 5.41) is 11.2. The summed E-state index contributed by atoms with van der Waals surface area (Å²) in [4.78, 5) is 39.8. The van der Waals surface area contributed by atoms with Gasteiger partial charge in [-0.1, -0.05) is 11.8 Å². The number of aromatic nitrogens is 2. The van der Waals surface area contributed by atoms with Gasteiger partial charge < -0.3 is 15.4 Å². The Labute approximate surface area is 122 Å². The van der Waals surface area contributed by atoms with Gasteiger partial charge in [-0.25, -0.2) is 4.79 Å². The lowest BCUT2D eigenvalue weighted by atomic mass is 10.3. The van der Waals surface area contributed by atoms with Crippen molar-refractivity contribution in [2.24, 2.45) is 0 Å². The minimum atomic E-state index is -0.731. The van der Waals surface area contributed by atoms with Crippen molar-refractivity contribution in [3.8, 4) is 11.8 Å². The first-order valence-corrected chi connectivity index (χ1v) is 6.70. The van der Waals surface area contributed by atoms with Crippen molar-refractivity contribution in [1.82, 2.24) is 15.3 Å². The quantitative estimate of drug-likeness (QED) is 0.567. The van der Waals surface area contributed by atoms with Gasteiger partial charge in [-0.05, 0) is 12.1 Å². The molecule has 0 aromatic carbocycles. The molecule has 0 spiro atoms. The Morgan fingerprint density at radius 1 is 1.33 bits per heavy atom. The zero-order valence-electron chi connectivity index (χ0n) is 10.7. The van der Waals surface area contributed by atoms with Gasteiger partial charge in [-0.2, -0.15) is 0 Å². The summed E-state index contributed by atoms with van der Waals surface area (Å²) in [7, 11) is 0. The summed E-state index contributed by atoms with van der Waals surface area (Å²) in [6.07, 6.45) is 0. The third kappa shape index (κ3) is 4.17. The molecule has 2 rings (SSSR count). The van der Waals surface area contributed by atoms with E-state index in [1.54, 1.807) is 12.1 Å². The van der Waals surface area contributed by atoms with Crippen LogP contribution in [0.3, 0.4) is 0 Å². The maximum atomic E-state index is 11.8. The number of H-pyrrole nitrogens is 2. The van der Waals surface area contributed by atoms with E-state index in [2.05, 4.69) is 22.1 Å². The fourth-order valence-corrected chi connectivity index (χ4v) is 2.34. The minimum absolute atomic E-state index is 0.0967. The molecule has 2 aromatic heterocycles. The molecule has 0 saturated heterocycles. The summed E-state index contributed by atoms with van der Waals surface area (Å²) in [6.45, 7) is 0.0407. The molecule has 0 fully saturated rings. The van der Waals surface area contributed by atoms with Crippen molar-refractivity contribution in [3.05, 3.63) is 54.5 Å². The van der Waals surface area contributed by atoms with E-state index in [1.165, 1.54) is 11.3 Å². The summed E-state index contributed by atoms with van der Waals surface area (Å²) in [5.41, 5.74) is -1.47. The number of hydrogen-bond acceptors (Lipinski definition) is 5. The number of aliphatic hydroxyl groups excluding tert-OH is 1. The highest BCUT2D eigenvalue weighted by Gasteiger charge is 2.08. The molecule has 2 aromatic rings. The second-order valence-corrected chi connectivity index (χ2v) is 5.08. The van der Waals surface area contributed by atoms with E-state index >= 15 is 0 Å². The maximum Gasteiger partial charge on any atom is 0.326 e. The molecule has 2 heterocycles. The molecular formula is C13H11N3O4S. The average molecular weight is 305 g/mol. The third-order valence-electron chi connectivity index (χ3n) is 2.38. The van der Waals surface area contributed by atoms with Crippen molar-refractivity contribution < 1.29 is 9.90 Å². The van der Waals surface area contributed by atoms with Crippen LogP contribution < -0.4 is 16.6 Å². The number of aliphatic hydroxyl groups is 1. The van der Waals surface area contributed by atoms with E-state index < -0.39 is 17.2 Å². The predicted molar refractivity (Wildman–Crippen MR) is 77.1 cm³/mol. The molecule has 108 valence electrons. The third-order valence-corrected chi connectivity index (χ3v) is 3.38. The molecule has 0 aliphatic carbocycles. The van der Waals surface area contributed by atoms with Gasteiger partial charge in [-0.15, -0.1) is 11.3 Å². The van der Waals surface area contributed by atoms with Crippen LogP contribution in [0.2, 0.25) is 0 Å². The lowest BCUT2D eigenvalue weighted by Gasteiger charge is -2.02. The van der Waals surface area contributed by atoms with Gasteiger partial charge in [-0.3, -0.25) is 14.6 Å². The Kier molecular flexibility index (Phi) is 4.71. The number of carbonyl (C=O) groups is 1. The number of amides is 1. The van der Waals surface area contributed by atoms with Crippen LogP contribution in [0, 0.1) is 11.8 Å². The number of rotatable bonds is 3. The van der Waals surface area contributed by atoms with Crippen molar-refractivity contribution >= 4 is 17.2 Å². The second kappa shape index (κ2) is 6.69. The van der Waals surface area contributed by atoms with Gasteiger partial charge in [0.15, 0.2) is 0 Å². The van der Waals surface area contributed by atoms with Crippen LogP contribution in [0.25, 0.3) is 0 Å². The van der Waals surface area contributed by atoms with Gasteiger partial charge in [0, 0.05) is 10.9 Å². The highest BCUT2D eigenvalue weighted by molar-refractivity contribution is 7.12. The van der Waals surface area contributed by atoms with Gasteiger partial charge in [0.1, 0.15) is 12.3 Å². The molecule has 0 bridgehead atoms. The Hall–Kier alpha value is -2.63. The first-order valence-electron chi connectivity index (χ1n) is 5.89. The molecule has 0 saturated carbocycles. The highest BCUT2D eigenvalue weighted by atomic mass is 32.1. The van der Waals surface area contributed by atoms with E-state index in [4.69, 9.17) is 5.11 Å². The molecule has 0 atom stereocenters. The zero-order chi connectivity index (χ0) is 15.2. The molecule has 1 amide bonds. The number of hydrogen-bond donors (Lipinski definition) is 4. The Morgan fingerprint density at radius 2 is 2.14 bits per heavy atom. The van der Waals surface area contributed by atoms with Crippen molar-refractivity contribution in [2.45, 2.75) is 6.54 Å². The Balaban J connectivity index is 2.02. The minimum Gasteiger partial charge on any atom is -0.384 e. The van der Waals surface area contributed by atoms with E-state index in [0.29, 0.717) is 0 Å². The van der Waals surface area contributed by atoms with Crippen LogP contribution in [-0.2, 0) is 6.54 Å². The van der Waals surface area contributed by atoms with Crippen LogP contribution in [-0.4, -0.2) is 27.6 Å². The summed E-state index contributed by atoms with van der Waals surface area (Å²) >= 11 is 1.38. The number of thiophene rings is 1. The largest absolute Gasteiger partial charge is 0.384 e. The van der Waals surface area contributed by atoms with Crippen LogP contribution in [0.1, 0.15) is 20.2 Å². The van der Waals surface area contributed by atoms with Crippen molar-refractivity contribution in [2.75, 3.05) is 6.61 Å². The second-order valence-electron chi connectivity index (χ2n) is 3.91. The van der Waals surface area contributed by atoms with Crippen LogP contribution in [0.15, 0.2) is 27.8 Å². The number of carbonyl (C=O) groups excluding carboxylic acids is 1. The molecule has 21 heavy (non-hydrogen) atoms. The standard InChI is InChI=1S/C13H11N3O4S/c17-5-1-2-8-3-4-9(21-8)7-14-12(19)10-6-11(18)16-13(20)15-10/h3-4,6,17H,5,7H2,(H,14,19)(H2,15,16,18,20). The summed E-state index contributed by atoms with van der Waals surface area (Å²) in [5.74, 6) is 4.75. The van der Waals surface area contributed by atoms with Crippen molar-refractivity contribution in [1.29, 1.82) is 0 Å². The van der Waals surface area contributed by atoms with Crippen LogP contribution in [0.5, 0.6) is 0 Å².